The Balaban J connectivity index is 1.50. The number of piperidine rings is 1. The van der Waals surface area contributed by atoms with Crippen LogP contribution in [0.5, 0.6) is 11.5 Å². The molecule has 0 saturated carbocycles. The first kappa shape index (κ1) is 18.5. The number of benzene rings is 1. The molecule has 1 atom stereocenters. The van der Waals surface area contributed by atoms with Gasteiger partial charge in [-0.3, -0.25) is 9.80 Å². The third-order valence-corrected chi connectivity index (χ3v) is 6.12. The zero-order chi connectivity index (χ0) is 17.8. The molecule has 2 saturated heterocycles. The van der Waals surface area contributed by atoms with E-state index in [2.05, 4.69) is 28.7 Å². The third kappa shape index (κ3) is 4.46. The van der Waals surface area contributed by atoms with Gasteiger partial charge in [-0.15, -0.1) is 0 Å². The number of ether oxygens (including phenoxy) is 1. The molecule has 2 aliphatic heterocycles. The number of phenols is 1. The summed E-state index contributed by atoms with van der Waals surface area (Å²) in [7, 11) is 3.82. The second-order valence-electron chi connectivity index (χ2n) is 7.66. The summed E-state index contributed by atoms with van der Waals surface area (Å²) in [6.07, 6.45) is 2.50. The standard InChI is InChI=1S/C20H33N3O2/c1-16(23-13-11-21(2)12-14-23)17-7-9-22(10-8-17)15-18-5-4-6-19(25-3)20(18)24/h4-6,16-17,24H,7-15H2,1-3H3/t16-/m1/s1. The smallest absolute Gasteiger partial charge is 0.162 e. The lowest BCUT2D eigenvalue weighted by Crippen LogP contribution is -2.51. The second kappa shape index (κ2) is 8.39. The van der Waals surface area contributed by atoms with Crippen molar-refractivity contribution >= 4 is 0 Å². The minimum Gasteiger partial charge on any atom is -0.504 e. The van der Waals surface area contributed by atoms with E-state index in [4.69, 9.17) is 4.74 Å². The third-order valence-electron chi connectivity index (χ3n) is 6.12. The molecule has 2 aliphatic rings. The van der Waals surface area contributed by atoms with Crippen molar-refractivity contribution in [3.8, 4) is 11.5 Å². The molecule has 0 unspecified atom stereocenters. The molecule has 5 nitrogen and oxygen atoms in total. The number of methoxy groups -OCH3 is 1. The zero-order valence-corrected chi connectivity index (χ0v) is 15.9. The van der Waals surface area contributed by atoms with Gasteiger partial charge in [-0.2, -0.15) is 0 Å². The average Bonchev–Trinajstić information content (AvgIpc) is 2.64. The van der Waals surface area contributed by atoms with Crippen molar-refractivity contribution in [2.24, 2.45) is 5.92 Å². The van der Waals surface area contributed by atoms with Crippen molar-refractivity contribution in [3.05, 3.63) is 23.8 Å². The van der Waals surface area contributed by atoms with Gasteiger partial charge in [0, 0.05) is 44.3 Å². The van der Waals surface area contributed by atoms with E-state index in [1.807, 2.05) is 18.2 Å². The first-order valence-corrected chi connectivity index (χ1v) is 9.58. The number of phenolic OH excluding ortho intramolecular Hbond substituents is 1. The van der Waals surface area contributed by atoms with E-state index in [9.17, 15) is 5.11 Å². The van der Waals surface area contributed by atoms with Crippen LogP contribution in [-0.4, -0.2) is 79.3 Å². The largest absolute Gasteiger partial charge is 0.504 e. The Morgan fingerprint density at radius 2 is 1.80 bits per heavy atom. The lowest BCUT2D eigenvalue weighted by Gasteiger charge is -2.42. The van der Waals surface area contributed by atoms with Gasteiger partial charge in [0.25, 0.3) is 0 Å². The number of hydrogen-bond donors (Lipinski definition) is 1. The van der Waals surface area contributed by atoms with E-state index in [1.165, 1.54) is 39.0 Å². The van der Waals surface area contributed by atoms with Crippen molar-refractivity contribution in [2.75, 3.05) is 53.4 Å². The van der Waals surface area contributed by atoms with E-state index in [0.29, 0.717) is 11.8 Å². The van der Waals surface area contributed by atoms with Gasteiger partial charge in [-0.25, -0.2) is 0 Å². The van der Waals surface area contributed by atoms with E-state index in [1.54, 1.807) is 7.11 Å². The molecule has 5 heteroatoms. The van der Waals surface area contributed by atoms with Crippen LogP contribution in [0.15, 0.2) is 18.2 Å². The summed E-state index contributed by atoms with van der Waals surface area (Å²) < 4.78 is 5.22. The zero-order valence-electron chi connectivity index (χ0n) is 15.9. The Kier molecular flexibility index (Phi) is 6.20. The van der Waals surface area contributed by atoms with Gasteiger partial charge in [0.2, 0.25) is 0 Å². The van der Waals surface area contributed by atoms with Gasteiger partial charge in [0.05, 0.1) is 7.11 Å². The second-order valence-corrected chi connectivity index (χ2v) is 7.66. The normalized spacial score (nSPS) is 22.8. The lowest BCUT2D eigenvalue weighted by molar-refractivity contribution is 0.0596. The summed E-state index contributed by atoms with van der Waals surface area (Å²) >= 11 is 0. The maximum absolute atomic E-state index is 10.3. The fraction of sp³-hybridized carbons (Fsp3) is 0.700. The topological polar surface area (TPSA) is 39.2 Å². The van der Waals surface area contributed by atoms with Crippen LogP contribution in [0, 0.1) is 5.92 Å². The highest BCUT2D eigenvalue weighted by atomic mass is 16.5. The number of hydrogen-bond acceptors (Lipinski definition) is 5. The highest BCUT2D eigenvalue weighted by Gasteiger charge is 2.29. The van der Waals surface area contributed by atoms with Crippen LogP contribution in [0.2, 0.25) is 0 Å². The first-order valence-electron chi connectivity index (χ1n) is 9.58. The minimum absolute atomic E-state index is 0.290. The molecule has 0 aliphatic carbocycles. The number of rotatable bonds is 5. The van der Waals surface area contributed by atoms with Gasteiger partial charge < -0.3 is 14.7 Å². The van der Waals surface area contributed by atoms with E-state index < -0.39 is 0 Å². The van der Waals surface area contributed by atoms with Crippen LogP contribution in [0.4, 0.5) is 0 Å². The molecular formula is C20H33N3O2. The Morgan fingerprint density at radius 3 is 2.44 bits per heavy atom. The van der Waals surface area contributed by atoms with Crippen molar-refractivity contribution in [1.29, 1.82) is 0 Å². The summed E-state index contributed by atoms with van der Waals surface area (Å²) in [4.78, 5) is 7.56. The van der Waals surface area contributed by atoms with E-state index >= 15 is 0 Å². The Morgan fingerprint density at radius 1 is 1.12 bits per heavy atom. The lowest BCUT2D eigenvalue weighted by atomic mass is 9.89. The molecule has 0 spiro atoms. The van der Waals surface area contributed by atoms with Crippen molar-refractivity contribution < 1.29 is 9.84 Å². The van der Waals surface area contributed by atoms with Crippen molar-refractivity contribution in [2.45, 2.75) is 32.4 Å². The van der Waals surface area contributed by atoms with Crippen LogP contribution in [0.25, 0.3) is 0 Å². The maximum Gasteiger partial charge on any atom is 0.162 e. The molecule has 0 aromatic heterocycles. The number of piperazine rings is 1. The molecule has 3 rings (SSSR count). The SMILES string of the molecule is COc1cccc(CN2CCC([C@@H](C)N3CCN(C)CC3)CC2)c1O. The van der Waals surface area contributed by atoms with Crippen molar-refractivity contribution in [1.82, 2.24) is 14.7 Å². The number of likely N-dealkylation sites (tertiary alicyclic amines) is 1. The molecule has 2 heterocycles. The summed E-state index contributed by atoms with van der Waals surface area (Å²) in [5, 5.41) is 10.3. The fourth-order valence-electron chi connectivity index (χ4n) is 4.22. The summed E-state index contributed by atoms with van der Waals surface area (Å²) in [5.74, 6) is 1.65. The summed E-state index contributed by atoms with van der Waals surface area (Å²) in [6.45, 7) is 10.2. The van der Waals surface area contributed by atoms with Crippen LogP contribution in [-0.2, 0) is 6.54 Å². The molecule has 0 radical (unpaired) electrons. The van der Waals surface area contributed by atoms with E-state index in [-0.39, 0.29) is 5.75 Å². The highest BCUT2D eigenvalue weighted by molar-refractivity contribution is 5.45. The summed E-state index contributed by atoms with van der Waals surface area (Å²) in [5.41, 5.74) is 0.963. The quantitative estimate of drug-likeness (QED) is 0.884. The van der Waals surface area contributed by atoms with E-state index in [0.717, 1.165) is 31.1 Å². The first-order chi connectivity index (χ1) is 12.1. The number of nitrogens with zero attached hydrogens (tertiary/aromatic N) is 3. The highest BCUT2D eigenvalue weighted by Crippen LogP contribution is 2.32. The molecule has 0 bridgehead atoms. The predicted octanol–water partition coefficient (Wildman–Crippen LogP) is 2.25. The van der Waals surface area contributed by atoms with Gasteiger partial charge in [0.1, 0.15) is 0 Å². The Hall–Kier alpha value is -1.30. The van der Waals surface area contributed by atoms with Gasteiger partial charge >= 0.3 is 0 Å². The van der Waals surface area contributed by atoms with Gasteiger partial charge in [-0.05, 0) is 51.9 Å². The molecule has 0 amide bonds. The fourth-order valence-corrected chi connectivity index (χ4v) is 4.22. The summed E-state index contributed by atoms with van der Waals surface area (Å²) in [6, 6.07) is 6.44. The Bertz CT molecular complexity index is 550. The average molecular weight is 348 g/mol. The van der Waals surface area contributed by atoms with Crippen LogP contribution < -0.4 is 4.74 Å². The monoisotopic (exact) mass is 347 g/mol. The van der Waals surface area contributed by atoms with Gasteiger partial charge in [-0.1, -0.05) is 12.1 Å². The maximum atomic E-state index is 10.3. The molecule has 140 valence electrons. The molecule has 1 N–H and O–H groups in total. The number of likely N-dealkylation sites (N-methyl/N-ethyl adjacent to an activating group) is 1. The van der Waals surface area contributed by atoms with Crippen LogP contribution in [0.1, 0.15) is 25.3 Å². The Labute approximate surface area is 152 Å². The van der Waals surface area contributed by atoms with Crippen LogP contribution >= 0.6 is 0 Å². The van der Waals surface area contributed by atoms with Gasteiger partial charge in [0.15, 0.2) is 11.5 Å². The molecular weight excluding hydrogens is 314 g/mol. The molecule has 2 fully saturated rings. The predicted molar refractivity (Wildman–Crippen MR) is 101 cm³/mol. The molecule has 1 aromatic carbocycles. The minimum atomic E-state index is 0.290. The number of aromatic hydroxyl groups is 1. The molecule has 25 heavy (non-hydrogen) atoms. The van der Waals surface area contributed by atoms with Crippen LogP contribution in [0.3, 0.4) is 0 Å². The number of para-hydroxylation sites is 1. The van der Waals surface area contributed by atoms with Crippen molar-refractivity contribution in [3.63, 3.8) is 0 Å². The molecule has 1 aromatic rings.